The molecule has 0 aromatic heterocycles. The monoisotopic (exact) mass is 265 g/mol. The molecule has 7 heteroatoms. The molecule has 0 aliphatic carbocycles. The highest BCUT2D eigenvalue weighted by Crippen LogP contribution is 2.08. The molecular formula is C12H15N3O4. The van der Waals surface area contributed by atoms with Crippen molar-refractivity contribution < 1.29 is 19.4 Å². The van der Waals surface area contributed by atoms with Gasteiger partial charge in [-0.25, -0.2) is 5.43 Å². The molecule has 19 heavy (non-hydrogen) atoms. The Labute approximate surface area is 110 Å². The molecule has 0 aliphatic rings. The van der Waals surface area contributed by atoms with Gasteiger partial charge in [0.2, 0.25) is 0 Å². The van der Waals surface area contributed by atoms with E-state index in [2.05, 4.69) is 15.8 Å². The average molecular weight is 265 g/mol. The SMILES string of the molecule is COCCNC(=O)C(=O)N/N=C\c1cccc(O)c1. The van der Waals surface area contributed by atoms with Gasteiger partial charge in [-0.15, -0.1) is 0 Å². The number of phenols is 1. The topological polar surface area (TPSA) is 100 Å². The molecular weight excluding hydrogens is 250 g/mol. The van der Waals surface area contributed by atoms with E-state index < -0.39 is 11.8 Å². The largest absolute Gasteiger partial charge is 0.508 e. The zero-order valence-electron chi connectivity index (χ0n) is 10.4. The van der Waals surface area contributed by atoms with Crippen LogP contribution in [0.1, 0.15) is 5.56 Å². The van der Waals surface area contributed by atoms with Crippen molar-refractivity contribution in [3.8, 4) is 5.75 Å². The number of phenolic OH excluding ortho intramolecular Hbond substituents is 1. The summed E-state index contributed by atoms with van der Waals surface area (Å²) < 4.78 is 4.72. The number of aromatic hydroxyl groups is 1. The summed E-state index contributed by atoms with van der Waals surface area (Å²) in [5.41, 5.74) is 2.67. The summed E-state index contributed by atoms with van der Waals surface area (Å²) in [6.45, 7) is 0.574. The first-order chi connectivity index (χ1) is 9.13. The Morgan fingerprint density at radius 3 is 2.89 bits per heavy atom. The van der Waals surface area contributed by atoms with E-state index in [9.17, 15) is 14.7 Å². The van der Waals surface area contributed by atoms with Crippen molar-refractivity contribution in [3.63, 3.8) is 0 Å². The van der Waals surface area contributed by atoms with Crippen LogP contribution in [-0.2, 0) is 14.3 Å². The number of carbonyl (C=O) groups is 2. The first-order valence-corrected chi connectivity index (χ1v) is 5.52. The van der Waals surface area contributed by atoms with Crippen LogP contribution in [0, 0.1) is 0 Å². The normalized spacial score (nSPS) is 10.4. The standard InChI is InChI=1S/C12H15N3O4/c1-19-6-5-13-11(17)12(18)15-14-8-9-3-2-4-10(16)7-9/h2-4,7-8,16H,5-6H2,1H3,(H,13,17)(H,15,18)/b14-8-. The second kappa shape index (κ2) is 7.83. The van der Waals surface area contributed by atoms with Gasteiger partial charge in [-0.05, 0) is 17.7 Å². The van der Waals surface area contributed by atoms with Crippen LogP contribution < -0.4 is 10.7 Å². The lowest BCUT2D eigenvalue weighted by Crippen LogP contribution is -2.39. The number of methoxy groups -OCH3 is 1. The lowest BCUT2D eigenvalue weighted by Gasteiger charge is -2.02. The zero-order chi connectivity index (χ0) is 14.1. The van der Waals surface area contributed by atoms with E-state index in [4.69, 9.17) is 4.74 Å². The van der Waals surface area contributed by atoms with Gasteiger partial charge in [-0.2, -0.15) is 5.10 Å². The molecule has 102 valence electrons. The summed E-state index contributed by atoms with van der Waals surface area (Å²) in [5, 5.41) is 15.2. The van der Waals surface area contributed by atoms with Crippen molar-refractivity contribution in [2.24, 2.45) is 5.10 Å². The molecule has 0 spiro atoms. The van der Waals surface area contributed by atoms with Crippen LogP contribution in [0.25, 0.3) is 0 Å². The van der Waals surface area contributed by atoms with Crippen molar-refractivity contribution in [2.75, 3.05) is 20.3 Å². The Kier molecular flexibility index (Phi) is 6.04. The number of nitrogens with zero attached hydrogens (tertiary/aromatic N) is 1. The highest BCUT2D eigenvalue weighted by Gasteiger charge is 2.10. The number of nitrogens with one attached hydrogen (secondary N) is 2. The number of rotatable bonds is 5. The second-order valence-electron chi connectivity index (χ2n) is 3.54. The quantitative estimate of drug-likeness (QED) is 0.292. The maximum Gasteiger partial charge on any atom is 0.329 e. The van der Waals surface area contributed by atoms with Crippen molar-refractivity contribution in [3.05, 3.63) is 29.8 Å². The predicted octanol–water partition coefficient (Wildman–Crippen LogP) is -0.395. The third kappa shape index (κ3) is 5.64. The summed E-state index contributed by atoms with van der Waals surface area (Å²) in [6, 6.07) is 6.30. The van der Waals surface area contributed by atoms with Gasteiger partial charge in [0.15, 0.2) is 0 Å². The smallest absolute Gasteiger partial charge is 0.329 e. The average Bonchev–Trinajstić information content (AvgIpc) is 2.39. The highest BCUT2D eigenvalue weighted by molar-refractivity contribution is 6.35. The van der Waals surface area contributed by atoms with Crippen LogP contribution in [-0.4, -0.2) is 43.4 Å². The molecule has 0 unspecified atom stereocenters. The molecule has 0 aliphatic heterocycles. The maximum atomic E-state index is 11.3. The van der Waals surface area contributed by atoms with E-state index in [0.717, 1.165) is 0 Å². The Balaban J connectivity index is 2.39. The minimum atomic E-state index is -0.868. The van der Waals surface area contributed by atoms with Gasteiger partial charge in [0, 0.05) is 13.7 Å². The third-order valence-corrected chi connectivity index (χ3v) is 2.05. The number of ether oxygens (including phenoxy) is 1. The summed E-state index contributed by atoms with van der Waals surface area (Å²) in [7, 11) is 1.49. The van der Waals surface area contributed by atoms with E-state index in [1.807, 2.05) is 0 Å². The van der Waals surface area contributed by atoms with Gasteiger partial charge >= 0.3 is 11.8 Å². The molecule has 0 atom stereocenters. The molecule has 0 saturated heterocycles. The molecule has 0 radical (unpaired) electrons. The van der Waals surface area contributed by atoms with Gasteiger partial charge in [-0.3, -0.25) is 9.59 Å². The van der Waals surface area contributed by atoms with Crippen LogP contribution >= 0.6 is 0 Å². The van der Waals surface area contributed by atoms with Gasteiger partial charge in [0.25, 0.3) is 0 Å². The molecule has 0 bridgehead atoms. The van der Waals surface area contributed by atoms with Crippen LogP contribution in [0.4, 0.5) is 0 Å². The molecule has 7 nitrogen and oxygen atoms in total. The van der Waals surface area contributed by atoms with Crippen molar-refractivity contribution in [2.45, 2.75) is 0 Å². The lowest BCUT2D eigenvalue weighted by molar-refractivity contribution is -0.139. The molecule has 0 fully saturated rings. The van der Waals surface area contributed by atoms with Gasteiger partial charge in [0.1, 0.15) is 5.75 Å². The van der Waals surface area contributed by atoms with E-state index in [1.54, 1.807) is 12.1 Å². The number of hydrogen-bond acceptors (Lipinski definition) is 5. The summed E-state index contributed by atoms with van der Waals surface area (Å²) in [5.74, 6) is -1.56. The van der Waals surface area contributed by atoms with E-state index >= 15 is 0 Å². The summed E-state index contributed by atoms with van der Waals surface area (Å²) >= 11 is 0. The lowest BCUT2D eigenvalue weighted by atomic mass is 10.2. The third-order valence-electron chi connectivity index (χ3n) is 2.05. The first-order valence-electron chi connectivity index (χ1n) is 5.52. The molecule has 0 saturated carbocycles. The minimum Gasteiger partial charge on any atom is -0.508 e. The number of amides is 2. The zero-order valence-corrected chi connectivity index (χ0v) is 10.4. The highest BCUT2D eigenvalue weighted by atomic mass is 16.5. The van der Waals surface area contributed by atoms with Gasteiger partial charge in [-0.1, -0.05) is 12.1 Å². The Hall–Kier alpha value is -2.41. The molecule has 0 heterocycles. The van der Waals surface area contributed by atoms with Crippen LogP contribution in [0.3, 0.4) is 0 Å². The molecule has 1 aromatic carbocycles. The molecule has 1 aromatic rings. The van der Waals surface area contributed by atoms with E-state index in [1.165, 1.54) is 25.5 Å². The van der Waals surface area contributed by atoms with E-state index in [0.29, 0.717) is 12.2 Å². The van der Waals surface area contributed by atoms with Crippen LogP contribution in [0.15, 0.2) is 29.4 Å². The van der Waals surface area contributed by atoms with Crippen LogP contribution in [0.5, 0.6) is 5.75 Å². The fourth-order valence-corrected chi connectivity index (χ4v) is 1.17. The summed E-state index contributed by atoms with van der Waals surface area (Å²) in [6.07, 6.45) is 1.32. The molecule has 1 rings (SSSR count). The molecule has 3 N–H and O–H groups in total. The van der Waals surface area contributed by atoms with Crippen LogP contribution in [0.2, 0.25) is 0 Å². The van der Waals surface area contributed by atoms with Gasteiger partial charge < -0.3 is 15.2 Å². The summed E-state index contributed by atoms with van der Waals surface area (Å²) in [4.78, 5) is 22.5. The van der Waals surface area contributed by atoms with Crippen molar-refractivity contribution in [1.29, 1.82) is 0 Å². The number of hydrogen-bond donors (Lipinski definition) is 3. The predicted molar refractivity (Wildman–Crippen MR) is 68.7 cm³/mol. The van der Waals surface area contributed by atoms with Gasteiger partial charge in [0.05, 0.1) is 12.8 Å². The fourth-order valence-electron chi connectivity index (χ4n) is 1.17. The van der Waals surface area contributed by atoms with Crippen molar-refractivity contribution >= 4 is 18.0 Å². The van der Waals surface area contributed by atoms with Crippen molar-refractivity contribution in [1.82, 2.24) is 10.7 Å². The number of carbonyl (C=O) groups excluding carboxylic acids is 2. The Bertz CT molecular complexity index is 474. The number of hydrazone groups is 1. The fraction of sp³-hybridized carbons (Fsp3) is 0.250. The molecule has 2 amide bonds. The number of benzene rings is 1. The first kappa shape index (κ1) is 14.7. The second-order valence-corrected chi connectivity index (χ2v) is 3.54. The maximum absolute atomic E-state index is 11.3. The van der Waals surface area contributed by atoms with E-state index in [-0.39, 0.29) is 12.3 Å². The Morgan fingerprint density at radius 2 is 2.21 bits per heavy atom. The Morgan fingerprint density at radius 1 is 1.42 bits per heavy atom. The minimum absolute atomic E-state index is 0.0904.